The number of carbonyl (C=O) groups is 2. The summed E-state index contributed by atoms with van der Waals surface area (Å²) in [5.41, 5.74) is 1.02. The van der Waals surface area contributed by atoms with Gasteiger partial charge in [-0.05, 0) is 43.9 Å². The van der Waals surface area contributed by atoms with Crippen LogP contribution in [0.3, 0.4) is 0 Å². The maximum atomic E-state index is 12.9. The number of rotatable bonds is 10. The number of hydrogen-bond acceptors (Lipinski definition) is 9. The Balaban J connectivity index is 1.20. The molecule has 2 fully saturated rings. The predicted molar refractivity (Wildman–Crippen MR) is 165 cm³/mol. The Bertz CT molecular complexity index is 1430. The van der Waals surface area contributed by atoms with E-state index in [1.165, 1.54) is 6.33 Å². The van der Waals surface area contributed by atoms with Crippen LogP contribution in [0.25, 0.3) is 10.9 Å². The predicted octanol–water partition coefficient (Wildman–Crippen LogP) is 5.04. The van der Waals surface area contributed by atoms with Crippen molar-refractivity contribution < 1.29 is 33.3 Å². The normalized spacial score (nSPS) is 16.1. The molecule has 3 amide bonds. The Morgan fingerprint density at radius 2 is 1.82 bits per heavy atom. The fourth-order valence-electron chi connectivity index (χ4n) is 4.86. The van der Waals surface area contributed by atoms with Crippen molar-refractivity contribution in [2.75, 3.05) is 65.1 Å². The quantitative estimate of drug-likeness (QED) is 0.317. The van der Waals surface area contributed by atoms with Gasteiger partial charge in [0.1, 0.15) is 12.1 Å². The van der Waals surface area contributed by atoms with Gasteiger partial charge in [-0.25, -0.2) is 14.8 Å². The van der Waals surface area contributed by atoms with Gasteiger partial charge in [-0.2, -0.15) is 0 Å². The lowest BCUT2D eigenvalue weighted by Gasteiger charge is -2.25. The lowest BCUT2D eigenvalue weighted by atomic mass is 10.1. The largest absolute Gasteiger partial charge is 0.493 e. The minimum atomic E-state index is -0.345. The van der Waals surface area contributed by atoms with Crippen molar-refractivity contribution in [3.05, 3.63) is 41.7 Å². The molecule has 2 aliphatic rings. The number of aromatic nitrogens is 2. The van der Waals surface area contributed by atoms with Crippen molar-refractivity contribution in [1.29, 1.82) is 0 Å². The zero-order valence-corrected chi connectivity index (χ0v) is 25.6. The van der Waals surface area contributed by atoms with Crippen molar-refractivity contribution in [2.45, 2.75) is 32.1 Å². The molecule has 236 valence electrons. The summed E-state index contributed by atoms with van der Waals surface area (Å²) in [6, 6.07) is 8.08. The highest BCUT2D eigenvalue weighted by Crippen LogP contribution is 2.37. The third-order valence-corrected chi connectivity index (χ3v) is 7.72. The number of fused-ring (bicyclic) bond motifs is 1. The molecule has 1 aromatic heterocycles. The Labute approximate surface area is 261 Å². The van der Waals surface area contributed by atoms with Gasteiger partial charge in [0.05, 0.1) is 55.0 Å². The molecule has 2 aromatic carbocycles. The molecule has 2 aliphatic heterocycles. The maximum Gasteiger partial charge on any atom is 0.319 e. The van der Waals surface area contributed by atoms with E-state index in [0.29, 0.717) is 70.4 Å². The molecule has 3 aromatic rings. The highest BCUT2D eigenvalue weighted by Gasteiger charge is 2.20. The van der Waals surface area contributed by atoms with E-state index in [9.17, 15) is 9.59 Å². The zero-order valence-electron chi connectivity index (χ0n) is 24.8. The first-order chi connectivity index (χ1) is 21.5. The van der Waals surface area contributed by atoms with Crippen molar-refractivity contribution in [2.24, 2.45) is 5.92 Å². The van der Waals surface area contributed by atoms with Crippen LogP contribution in [0.1, 0.15) is 32.1 Å². The summed E-state index contributed by atoms with van der Waals surface area (Å²) in [6.45, 7) is 5.02. The van der Waals surface area contributed by atoms with E-state index in [2.05, 4.69) is 20.6 Å². The number of methoxy groups -OCH3 is 1. The van der Waals surface area contributed by atoms with Crippen LogP contribution in [0.5, 0.6) is 23.1 Å². The van der Waals surface area contributed by atoms with Crippen LogP contribution in [0.15, 0.2) is 36.7 Å². The van der Waals surface area contributed by atoms with Gasteiger partial charge in [0.25, 0.3) is 0 Å². The van der Waals surface area contributed by atoms with Gasteiger partial charge in [-0.15, -0.1) is 0 Å². The Morgan fingerprint density at radius 1 is 1.02 bits per heavy atom. The average molecular weight is 628 g/mol. The number of hydrogen-bond donors (Lipinski definition) is 2. The van der Waals surface area contributed by atoms with Crippen LogP contribution in [0, 0.1) is 5.92 Å². The summed E-state index contributed by atoms with van der Waals surface area (Å²) in [5.74, 6) is 2.06. The van der Waals surface area contributed by atoms with Crippen LogP contribution in [0.2, 0.25) is 5.02 Å². The van der Waals surface area contributed by atoms with Gasteiger partial charge in [-0.1, -0.05) is 11.6 Å². The van der Waals surface area contributed by atoms with E-state index < -0.39 is 0 Å². The number of amides is 3. The number of ether oxygens (including phenoxy) is 5. The molecule has 0 aliphatic carbocycles. The van der Waals surface area contributed by atoms with Crippen LogP contribution in [-0.2, 0) is 14.3 Å². The molecular weight excluding hydrogens is 590 g/mol. The smallest absolute Gasteiger partial charge is 0.319 e. The summed E-state index contributed by atoms with van der Waals surface area (Å²) in [7, 11) is 1.54. The second-order valence-corrected chi connectivity index (χ2v) is 11.1. The molecule has 12 nitrogen and oxygen atoms in total. The molecule has 3 heterocycles. The summed E-state index contributed by atoms with van der Waals surface area (Å²) >= 11 is 6.43. The number of anilines is 1. The fourth-order valence-corrected chi connectivity index (χ4v) is 5.07. The Morgan fingerprint density at radius 3 is 2.52 bits per heavy atom. The third kappa shape index (κ3) is 8.61. The number of benzene rings is 2. The summed E-state index contributed by atoms with van der Waals surface area (Å²) in [5, 5.41) is 6.46. The molecule has 13 heteroatoms. The molecule has 44 heavy (non-hydrogen) atoms. The van der Waals surface area contributed by atoms with E-state index in [4.69, 9.17) is 35.3 Å². The summed E-state index contributed by atoms with van der Waals surface area (Å²) in [4.78, 5) is 35.7. The summed E-state index contributed by atoms with van der Waals surface area (Å²) in [6.07, 6.45) is 5.41. The molecule has 0 saturated carbocycles. The highest BCUT2D eigenvalue weighted by atomic mass is 35.5. The van der Waals surface area contributed by atoms with E-state index in [1.54, 1.807) is 37.4 Å². The van der Waals surface area contributed by atoms with Gasteiger partial charge in [0.2, 0.25) is 11.8 Å². The molecule has 2 saturated heterocycles. The number of nitrogens with zero attached hydrogens (tertiary/aromatic N) is 3. The van der Waals surface area contributed by atoms with Crippen molar-refractivity contribution >= 4 is 40.1 Å². The van der Waals surface area contributed by atoms with Crippen LogP contribution in [-0.4, -0.2) is 86.6 Å². The van der Waals surface area contributed by atoms with Gasteiger partial charge in [0.15, 0.2) is 11.5 Å². The van der Waals surface area contributed by atoms with Crippen molar-refractivity contribution in [1.82, 2.24) is 20.2 Å². The Kier molecular flexibility index (Phi) is 11.3. The lowest BCUT2D eigenvalue weighted by molar-refractivity contribution is -0.132. The van der Waals surface area contributed by atoms with Gasteiger partial charge < -0.3 is 39.2 Å². The third-order valence-electron chi connectivity index (χ3n) is 7.41. The first-order valence-corrected chi connectivity index (χ1v) is 15.3. The topological polar surface area (TPSA) is 133 Å². The van der Waals surface area contributed by atoms with E-state index in [1.807, 2.05) is 4.90 Å². The van der Waals surface area contributed by atoms with Gasteiger partial charge >= 0.3 is 6.03 Å². The molecule has 5 rings (SSSR count). The number of halogens is 1. The van der Waals surface area contributed by atoms with Gasteiger partial charge in [0, 0.05) is 50.9 Å². The maximum absolute atomic E-state index is 12.9. The standard InChI is InChI=1S/C31H38ClN5O7/c1-40-27-15-23-26(16-28(27)43-13-8-29(38)37-9-2-4-11-41-12-5-3-10-37)34-20-35-30(23)44-22-6-7-25(24(32)14-22)36-31(39)33-17-21-18-42-19-21/h6-7,14-16,20-21H,2-5,8-13,17-19H2,1H3,(H2,33,36,39). The van der Waals surface area contributed by atoms with Crippen LogP contribution < -0.4 is 24.8 Å². The fraction of sp³-hybridized carbons (Fsp3) is 0.484. The first kappa shape index (κ1) is 31.6. The van der Waals surface area contributed by atoms with Crippen molar-refractivity contribution in [3.63, 3.8) is 0 Å². The average Bonchev–Trinajstić information content (AvgIpc) is 3.00. The Hall–Kier alpha value is -3.87. The molecule has 0 atom stereocenters. The molecule has 0 unspecified atom stereocenters. The molecule has 0 spiro atoms. The second-order valence-electron chi connectivity index (χ2n) is 10.7. The SMILES string of the molecule is COc1cc2c(Oc3ccc(NC(=O)NCC4COC4)c(Cl)c3)ncnc2cc1OCCC(=O)N1CCCCOCCCC1. The number of urea groups is 1. The van der Waals surface area contributed by atoms with Crippen LogP contribution in [0.4, 0.5) is 10.5 Å². The summed E-state index contributed by atoms with van der Waals surface area (Å²) < 4.78 is 28.3. The molecule has 0 radical (unpaired) electrons. The highest BCUT2D eigenvalue weighted by molar-refractivity contribution is 6.33. The van der Waals surface area contributed by atoms with E-state index >= 15 is 0 Å². The second kappa shape index (κ2) is 15.7. The van der Waals surface area contributed by atoms with Crippen LogP contribution >= 0.6 is 11.6 Å². The monoisotopic (exact) mass is 627 g/mol. The molecule has 0 bridgehead atoms. The number of nitrogens with one attached hydrogen (secondary N) is 2. The minimum Gasteiger partial charge on any atom is -0.493 e. The zero-order chi connectivity index (χ0) is 30.7. The van der Waals surface area contributed by atoms with E-state index in [-0.39, 0.29) is 25.0 Å². The molecular formula is C31H38ClN5O7. The van der Waals surface area contributed by atoms with Crippen molar-refractivity contribution in [3.8, 4) is 23.1 Å². The minimum absolute atomic E-state index is 0.0773. The first-order valence-electron chi connectivity index (χ1n) is 14.9. The van der Waals surface area contributed by atoms with Gasteiger partial charge in [-0.3, -0.25) is 4.79 Å². The molecule has 2 N–H and O–H groups in total. The number of carbonyl (C=O) groups excluding carboxylic acids is 2. The lowest BCUT2D eigenvalue weighted by Crippen LogP contribution is -2.40. The van der Waals surface area contributed by atoms with E-state index in [0.717, 1.165) is 52.0 Å².